The Balaban J connectivity index is 1.57. The maximum Gasteiger partial charge on any atom is 0.303 e. The van der Waals surface area contributed by atoms with Crippen molar-refractivity contribution >= 4 is 40.2 Å². The van der Waals surface area contributed by atoms with Crippen LogP contribution in [0.25, 0.3) is 0 Å². The van der Waals surface area contributed by atoms with E-state index < -0.39 is 5.97 Å². The Morgan fingerprint density at radius 2 is 1.81 bits per heavy atom. The van der Waals surface area contributed by atoms with Gasteiger partial charge >= 0.3 is 5.97 Å². The number of hydrogen-bond donors (Lipinski definition) is 1. The van der Waals surface area contributed by atoms with Crippen LogP contribution in [0, 0.1) is 3.57 Å². The highest BCUT2D eigenvalue weighted by atomic mass is 127. The average Bonchev–Trinajstić information content (AvgIpc) is 2.99. The summed E-state index contributed by atoms with van der Waals surface area (Å²) in [4.78, 5) is 25.0. The number of halogens is 1. The molecule has 0 radical (unpaired) electrons. The Morgan fingerprint density at radius 3 is 2.56 bits per heavy atom. The first-order valence-corrected chi connectivity index (χ1v) is 10.2. The predicted molar refractivity (Wildman–Crippen MR) is 112 cm³/mol. The van der Waals surface area contributed by atoms with E-state index in [1.54, 1.807) is 4.90 Å². The van der Waals surface area contributed by atoms with Gasteiger partial charge in [-0.3, -0.25) is 9.59 Å². The van der Waals surface area contributed by atoms with Crippen molar-refractivity contribution in [1.29, 1.82) is 0 Å². The maximum absolute atomic E-state index is 12.8. The van der Waals surface area contributed by atoms with E-state index in [0.717, 1.165) is 39.8 Å². The summed E-state index contributed by atoms with van der Waals surface area (Å²) in [7, 11) is 0. The zero-order chi connectivity index (χ0) is 19.2. The molecular formula is C21H22INO4. The third-order valence-electron chi connectivity index (χ3n) is 4.61. The van der Waals surface area contributed by atoms with Crippen molar-refractivity contribution in [2.45, 2.75) is 38.6 Å². The number of anilines is 1. The van der Waals surface area contributed by atoms with Gasteiger partial charge in [-0.05, 0) is 71.8 Å². The SMILES string of the molecule is O=C(O)CCCCCCOc1cccc2c1CN(c1ccc(I)cc1)C2=O. The van der Waals surface area contributed by atoms with Crippen molar-refractivity contribution < 1.29 is 19.4 Å². The predicted octanol–water partition coefficient (Wildman–Crippen LogP) is 4.87. The summed E-state index contributed by atoms with van der Waals surface area (Å²) >= 11 is 2.25. The fraction of sp³-hybridized carbons (Fsp3) is 0.333. The molecule has 1 aliphatic heterocycles. The van der Waals surface area contributed by atoms with Crippen molar-refractivity contribution in [1.82, 2.24) is 0 Å². The van der Waals surface area contributed by atoms with Gasteiger partial charge in [0.2, 0.25) is 0 Å². The van der Waals surface area contributed by atoms with Crippen LogP contribution in [0.15, 0.2) is 42.5 Å². The molecule has 0 bridgehead atoms. The third kappa shape index (κ3) is 5.00. The smallest absolute Gasteiger partial charge is 0.303 e. The lowest BCUT2D eigenvalue weighted by Gasteiger charge is -2.16. The Kier molecular flexibility index (Phi) is 6.71. The topological polar surface area (TPSA) is 66.8 Å². The summed E-state index contributed by atoms with van der Waals surface area (Å²) < 4.78 is 7.06. The van der Waals surface area contributed by atoms with Crippen LogP contribution in [0.2, 0.25) is 0 Å². The number of rotatable bonds is 9. The number of amides is 1. The molecule has 0 saturated heterocycles. The van der Waals surface area contributed by atoms with Crippen molar-refractivity contribution in [3.8, 4) is 5.75 Å². The number of fused-ring (bicyclic) bond motifs is 1. The first kappa shape index (κ1) is 19.7. The molecule has 0 aromatic heterocycles. The summed E-state index contributed by atoms with van der Waals surface area (Å²) in [5.74, 6) is 0.0261. The minimum atomic E-state index is -0.742. The summed E-state index contributed by atoms with van der Waals surface area (Å²) in [6.45, 7) is 1.09. The first-order chi connectivity index (χ1) is 13.1. The number of hydrogen-bond acceptors (Lipinski definition) is 3. The van der Waals surface area contributed by atoms with E-state index in [1.165, 1.54) is 0 Å². The summed E-state index contributed by atoms with van der Waals surface area (Å²) in [5, 5.41) is 8.64. The van der Waals surface area contributed by atoms with E-state index in [4.69, 9.17) is 9.84 Å². The molecule has 2 aromatic rings. The molecule has 5 nitrogen and oxygen atoms in total. The zero-order valence-electron chi connectivity index (χ0n) is 15.0. The Morgan fingerprint density at radius 1 is 1.07 bits per heavy atom. The van der Waals surface area contributed by atoms with Gasteiger partial charge in [0, 0.05) is 26.8 Å². The molecule has 1 heterocycles. The quantitative estimate of drug-likeness (QED) is 0.412. The highest BCUT2D eigenvalue weighted by molar-refractivity contribution is 14.1. The molecule has 27 heavy (non-hydrogen) atoms. The minimum Gasteiger partial charge on any atom is -0.493 e. The van der Waals surface area contributed by atoms with E-state index in [1.807, 2.05) is 42.5 Å². The van der Waals surface area contributed by atoms with Gasteiger partial charge in [0.1, 0.15) is 5.75 Å². The van der Waals surface area contributed by atoms with Gasteiger partial charge in [-0.1, -0.05) is 18.9 Å². The molecule has 1 amide bonds. The number of unbranched alkanes of at least 4 members (excludes halogenated alkanes) is 3. The second-order valence-electron chi connectivity index (χ2n) is 6.56. The van der Waals surface area contributed by atoms with Gasteiger partial charge in [0.25, 0.3) is 5.91 Å². The Hall–Kier alpha value is -2.09. The largest absolute Gasteiger partial charge is 0.493 e. The van der Waals surface area contributed by atoms with E-state index in [0.29, 0.717) is 25.1 Å². The molecule has 0 spiro atoms. The van der Waals surface area contributed by atoms with Crippen LogP contribution in [-0.2, 0) is 11.3 Å². The second-order valence-corrected chi connectivity index (χ2v) is 7.80. The summed E-state index contributed by atoms with van der Waals surface area (Å²) in [6.07, 6.45) is 3.63. The fourth-order valence-electron chi connectivity index (χ4n) is 3.18. The number of carboxylic acid groups (broad SMARTS) is 1. The second kappa shape index (κ2) is 9.21. The molecule has 3 rings (SSSR count). The van der Waals surface area contributed by atoms with Crippen molar-refractivity contribution in [2.24, 2.45) is 0 Å². The average molecular weight is 479 g/mol. The Labute approximate surface area is 172 Å². The lowest BCUT2D eigenvalue weighted by atomic mass is 10.1. The van der Waals surface area contributed by atoms with Gasteiger partial charge < -0.3 is 14.7 Å². The molecule has 1 aliphatic rings. The zero-order valence-corrected chi connectivity index (χ0v) is 17.1. The highest BCUT2D eigenvalue weighted by Crippen LogP contribution is 2.34. The fourth-order valence-corrected chi connectivity index (χ4v) is 3.54. The van der Waals surface area contributed by atoms with Gasteiger partial charge in [0.15, 0.2) is 0 Å². The van der Waals surface area contributed by atoms with E-state index in [2.05, 4.69) is 22.6 Å². The summed E-state index contributed by atoms with van der Waals surface area (Å²) in [5.41, 5.74) is 2.53. The van der Waals surface area contributed by atoms with Crippen molar-refractivity contribution in [3.63, 3.8) is 0 Å². The molecule has 0 unspecified atom stereocenters. The highest BCUT2D eigenvalue weighted by Gasteiger charge is 2.30. The molecule has 142 valence electrons. The number of carbonyl (C=O) groups excluding carboxylic acids is 1. The number of carbonyl (C=O) groups is 2. The minimum absolute atomic E-state index is 0.00493. The van der Waals surface area contributed by atoms with Crippen molar-refractivity contribution in [2.75, 3.05) is 11.5 Å². The molecule has 6 heteroatoms. The van der Waals surface area contributed by atoms with Crippen LogP contribution in [0.5, 0.6) is 5.75 Å². The Bertz CT molecular complexity index is 819. The lowest BCUT2D eigenvalue weighted by molar-refractivity contribution is -0.137. The third-order valence-corrected chi connectivity index (χ3v) is 5.32. The van der Waals surface area contributed by atoms with E-state index in [-0.39, 0.29) is 12.3 Å². The molecule has 2 aromatic carbocycles. The van der Waals surface area contributed by atoms with Crippen LogP contribution in [0.3, 0.4) is 0 Å². The molecule has 0 fully saturated rings. The van der Waals surface area contributed by atoms with Crippen LogP contribution in [-0.4, -0.2) is 23.6 Å². The normalized spacial score (nSPS) is 12.9. The van der Waals surface area contributed by atoms with Crippen LogP contribution in [0.4, 0.5) is 5.69 Å². The number of carboxylic acids is 1. The maximum atomic E-state index is 12.8. The lowest BCUT2D eigenvalue weighted by Crippen LogP contribution is -2.22. The van der Waals surface area contributed by atoms with Gasteiger partial charge in [-0.2, -0.15) is 0 Å². The first-order valence-electron chi connectivity index (χ1n) is 9.10. The van der Waals surface area contributed by atoms with Gasteiger partial charge in [-0.15, -0.1) is 0 Å². The number of ether oxygens (including phenoxy) is 1. The van der Waals surface area contributed by atoms with Crippen molar-refractivity contribution in [3.05, 3.63) is 57.2 Å². The molecule has 1 N–H and O–H groups in total. The number of benzene rings is 2. The number of aliphatic carboxylic acids is 1. The number of nitrogens with zero attached hydrogens (tertiary/aromatic N) is 1. The van der Waals surface area contributed by atoms with Crippen LogP contribution >= 0.6 is 22.6 Å². The van der Waals surface area contributed by atoms with Gasteiger partial charge in [0.05, 0.1) is 13.2 Å². The molecule has 0 saturated carbocycles. The molecular weight excluding hydrogens is 457 g/mol. The summed E-state index contributed by atoms with van der Waals surface area (Å²) in [6, 6.07) is 13.5. The van der Waals surface area contributed by atoms with E-state index >= 15 is 0 Å². The monoisotopic (exact) mass is 479 g/mol. The van der Waals surface area contributed by atoms with Crippen LogP contribution in [0.1, 0.15) is 48.0 Å². The standard InChI is InChI=1S/C21H22INO4/c22-15-9-11-16(12-10-15)23-14-18-17(21(23)26)6-5-7-19(18)27-13-4-2-1-3-8-20(24)25/h5-7,9-12H,1-4,8,13-14H2,(H,24,25). The van der Waals surface area contributed by atoms with Crippen LogP contribution < -0.4 is 9.64 Å². The van der Waals surface area contributed by atoms with Gasteiger partial charge in [-0.25, -0.2) is 0 Å². The molecule has 0 atom stereocenters. The molecule has 0 aliphatic carbocycles. The van der Waals surface area contributed by atoms with E-state index in [9.17, 15) is 9.59 Å².